The van der Waals surface area contributed by atoms with Crippen LogP contribution in [0.3, 0.4) is 0 Å². The summed E-state index contributed by atoms with van der Waals surface area (Å²) in [5.41, 5.74) is 0. The van der Waals surface area contributed by atoms with Crippen LogP contribution < -0.4 is 0 Å². The molecule has 5 heteroatoms. The van der Waals surface area contributed by atoms with Crippen molar-refractivity contribution in [3.05, 3.63) is 0 Å². The monoisotopic (exact) mass is 87.0 g/mol. The first kappa shape index (κ1) is 9.30. The van der Waals surface area contributed by atoms with E-state index in [1.807, 2.05) is 0 Å². The van der Waals surface area contributed by atoms with Gasteiger partial charge in [-0.15, -0.1) is 11.5 Å². The molecular formula is H2BClLiO2. The summed E-state index contributed by atoms with van der Waals surface area (Å²) in [6.45, 7) is -1.69. The summed E-state index contributed by atoms with van der Waals surface area (Å²) in [6.07, 6.45) is 0. The molecule has 0 aromatic carbocycles. The van der Waals surface area contributed by atoms with Gasteiger partial charge in [-0.05, 0) is 0 Å². The van der Waals surface area contributed by atoms with Crippen LogP contribution in [0.5, 0.6) is 0 Å². The Morgan fingerprint density at radius 1 is 1.40 bits per heavy atom. The Morgan fingerprint density at radius 2 is 1.40 bits per heavy atom. The van der Waals surface area contributed by atoms with Crippen molar-refractivity contribution in [1.29, 1.82) is 0 Å². The molecule has 0 saturated heterocycles. The second kappa shape index (κ2) is 4.87. The third-order valence-corrected chi connectivity index (χ3v) is 0. The fraction of sp³-hybridized carbons (Fsp3) is 0. The van der Waals surface area contributed by atoms with Crippen molar-refractivity contribution in [3.8, 4) is 0 Å². The summed E-state index contributed by atoms with van der Waals surface area (Å²) < 4.78 is 0. The van der Waals surface area contributed by atoms with Gasteiger partial charge in [-0.3, -0.25) is 0 Å². The second-order valence-electron chi connectivity index (χ2n) is 0.311. The normalized spacial score (nSPS) is 5.40. The molecule has 0 aromatic rings. The van der Waals surface area contributed by atoms with Gasteiger partial charge in [-0.2, -0.15) is 0 Å². The molecule has 25 valence electrons. The van der Waals surface area contributed by atoms with Crippen molar-refractivity contribution in [2.45, 2.75) is 0 Å². The molecule has 0 aliphatic carbocycles. The van der Waals surface area contributed by atoms with Gasteiger partial charge in [-0.1, -0.05) is 0 Å². The number of rotatable bonds is 0. The molecule has 0 atom stereocenters. The van der Waals surface area contributed by atoms with Crippen molar-refractivity contribution in [3.63, 3.8) is 0 Å². The minimum atomic E-state index is -1.69. The van der Waals surface area contributed by atoms with Crippen LogP contribution in [-0.2, 0) is 0 Å². The van der Waals surface area contributed by atoms with Crippen molar-refractivity contribution >= 4 is 36.9 Å². The van der Waals surface area contributed by atoms with Crippen LogP contribution in [0.15, 0.2) is 0 Å². The molecule has 0 bridgehead atoms. The van der Waals surface area contributed by atoms with Crippen LogP contribution in [0.25, 0.3) is 0 Å². The molecule has 1 radical (unpaired) electrons. The first-order valence-electron chi connectivity index (χ1n) is 0.735. The molecule has 0 aliphatic rings. The molecule has 0 heterocycles. The van der Waals surface area contributed by atoms with Crippen molar-refractivity contribution in [2.75, 3.05) is 0 Å². The predicted octanol–water partition coefficient (Wildman–Crippen LogP) is -1.19. The smallest absolute Gasteiger partial charge is 0.414 e. The standard InChI is InChI=1S/BClH2O2.Li/c2-1(3)4;/h3-4H;. The van der Waals surface area contributed by atoms with E-state index in [4.69, 9.17) is 10.0 Å². The number of hydrogen-bond acceptors (Lipinski definition) is 2. The van der Waals surface area contributed by atoms with E-state index in [2.05, 4.69) is 11.5 Å². The molecule has 0 spiro atoms. The zero-order chi connectivity index (χ0) is 3.58. The maximum atomic E-state index is 7.38. The van der Waals surface area contributed by atoms with E-state index in [0.29, 0.717) is 0 Å². The van der Waals surface area contributed by atoms with Crippen LogP contribution in [-0.4, -0.2) is 35.4 Å². The topological polar surface area (TPSA) is 40.5 Å². The van der Waals surface area contributed by atoms with Crippen LogP contribution in [0.4, 0.5) is 0 Å². The van der Waals surface area contributed by atoms with E-state index in [9.17, 15) is 0 Å². The zero-order valence-electron chi connectivity index (χ0n) is 2.85. The fourth-order valence-electron chi connectivity index (χ4n) is 0. The first-order chi connectivity index (χ1) is 1.73. The van der Waals surface area contributed by atoms with Crippen LogP contribution in [0.1, 0.15) is 0 Å². The third kappa shape index (κ3) is 52.8. The Labute approximate surface area is 47.4 Å². The second-order valence-corrected chi connectivity index (χ2v) is 0.701. The molecule has 5 heavy (non-hydrogen) atoms. The summed E-state index contributed by atoms with van der Waals surface area (Å²) >= 11 is 4.39. The minimum absolute atomic E-state index is 0. The van der Waals surface area contributed by atoms with E-state index in [1.54, 1.807) is 0 Å². The van der Waals surface area contributed by atoms with E-state index >= 15 is 0 Å². The molecule has 0 aliphatic heterocycles. The van der Waals surface area contributed by atoms with Gasteiger partial charge < -0.3 is 10.0 Å². The van der Waals surface area contributed by atoms with Gasteiger partial charge >= 0.3 is 6.53 Å². The summed E-state index contributed by atoms with van der Waals surface area (Å²) in [6, 6.07) is 0. The van der Waals surface area contributed by atoms with E-state index in [-0.39, 0.29) is 18.9 Å². The van der Waals surface area contributed by atoms with Crippen LogP contribution in [0, 0.1) is 0 Å². The van der Waals surface area contributed by atoms with Gasteiger partial charge in [-0.25, -0.2) is 0 Å². The van der Waals surface area contributed by atoms with Gasteiger partial charge in [0.1, 0.15) is 0 Å². The SMILES string of the molecule is OB(O)Cl.[Li]. The minimum Gasteiger partial charge on any atom is -0.414 e. The average molecular weight is 87.2 g/mol. The van der Waals surface area contributed by atoms with Crippen LogP contribution in [0.2, 0.25) is 0 Å². The van der Waals surface area contributed by atoms with E-state index in [0.717, 1.165) is 0 Å². The Balaban J connectivity index is 0. The maximum Gasteiger partial charge on any atom is 0.566 e. The van der Waals surface area contributed by atoms with Gasteiger partial charge in [0.25, 0.3) is 0 Å². The van der Waals surface area contributed by atoms with Gasteiger partial charge in [0.15, 0.2) is 0 Å². The van der Waals surface area contributed by atoms with Gasteiger partial charge in [0.2, 0.25) is 0 Å². The summed E-state index contributed by atoms with van der Waals surface area (Å²) in [7, 11) is 0. The third-order valence-electron chi connectivity index (χ3n) is 0. The Morgan fingerprint density at radius 3 is 1.40 bits per heavy atom. The molecule has 0 amide bonds. The summed E-state index contributed by atoms with van der Waals surface area (Å²) in [4.78, 5) is 0. The summed E-state index contributed by atoms with van der Waals surface area (Å²) in [5, 5.41) is 14.8. The Bertz CT molecular complexity index is 14.4. The van der Waals surface area contributed by atoms with Gasteiger partial charge in [0.05, 0.1) is 0 Å². The first-order valence-corrected chi connectivity index (χ1v) is 1.17. The quantitative estimate of drug-likeness (QED) is 0.365. The van der Waals surface area contributed by atoms with Crippen molar-refractivity contribution in [2.24, 2.45) is 0 Å². The molecular weight excluding hydrogens is 85.2 g/mol. The largest absolute Gasteiger partial charge is 0.566 e. The van der Waals surface area contributed by atoms with Crippen LogP contribution >= 0.6 is 11.5 Å². The molecule has 0 fully saturated rings. The zero-order valence-corrected chi connectivity index (χ0v) is 3.61. The van der Waals surface area contributed by atoms with Gasteiger partial charge in [0, 0.05) is 18.9 Å². The number of halogens is 1. The molecule has 2 nitrogen and oxygen atoms in total. The molecule has 0 rings (SSSR count). The molecule has 0 unspecified atom stereocenters. The van der Waals surface area contributed by atoms with Crippen molar-refractivity contribution in [1.82, 2.24) is 0 Å². The Hall–Kier alpha value is 0.872. The number of hydrogen-bond donors (Lipinski definition) is 2. The molecule has 0 aromatic heterocycles. The molecule has 2 N–H and O–H groups in total. The molecule has 0 saturated carbocycles. The van der Waals surface area contributed by atoms with Crippen molar-refractivity contribution < 1.29 is 10.0 Å². The van der Waals surface area contributed by atoms with E-state index < -0.39 is 6.53 Å². The predicted molar refractivity (Wildman–Crippen MR) is 21.8 cm³/mol. The van der Waals surface area contributed by atoms with E-state index in [1.165, 1.54) is 0 Å². The fourth-order valence-corrected chi connectivity index (χ4v) is 0. The Kier molecular flexibility index (Phi) is 9.06. The summed E-state index contributed by atoms with van der Waals surface area (Å²) in [5.74, 6) is 0. The average Bonchev–Trinajstić information content (AvgIpc) is 0.811. The maximum absolute atomic E-state index is 7.38.